The van der Waals surface area contributed by atoms with Crippen LogP contribution >= 0.6 is 0 Å². The SMILES string of the molecule is Cc1cnn(C)c1C(=O)NCC(c1ccccc1)c1c[nH]c2ccccc12. The number of aryl methyl sites for hydroxylation is 2. The van der Waals surface area contributed by atoms with Gasteiger partial charge in [-0.3, -0.25) is 9.48 Å². The Hall–Kier alpha value is -3.34. The fourth-order valence-corrected chi connectivity index (χ4v) is 3.63. The van der Waals surface area contributed by atoms with Crippen LogP contribution in [0.1, 0.15) is 33.1 Å². The van der Waals surface area contributed by atoms with Crippen molar-refractivity contribution in [1.82, 2.24) is 20.1 Å². The summed E-state index contributed by atoms with van der Waals surface area (Å²) in [6, 6.07) is 18.5. The van der Waals surface area contributed by atoms with E-state index in [2.05, 4.69) is 39.7 Å². The second-order valence-electron chi connectivity index (χ2n) is 6.76. The van der Waals surface area contributed by atoms with Crippen LogP contribution in [0.5, 0.6) is 0 Å². The summed E-state index contributed by atoms with van der Waals surface area (Å²) in [4.78, 5) is 16.1. The second-order valence-corrected chi connectivity index (χ2v) is 6.76. The van der Waals surface area contributed by atoms with Gasteiger partial charge in [0.25, 0.3) is 5.91 Å². The number of carbonyl (C=O) groups excluding carboxylic acids is 1. The second kappa shape index (κ2) is 7.11. The Bertz CT molecular complexity index is 1060. The first-order valence-corrected chi connectivity index (χ1v) is 9.03. The number of nitrogens with zero attached hydrogens (tertiary/aromatic N) is 2. The van der Waals surface area contributed by atoms with E-state index in [4.69, 9.17) is 0 Å². The van der Waals surface area contributed by atoms with E-state index in [0.717, 1.165) is 11.1 Å². The number of benzene rings is 2. The number of para-hydroxylation sites is 1. The molecule has 2 aromatic carbocycles. The predicted molar refractivity (Wildman–Crippen MR) is 107 cm³/mol. The van der Waals surface area contributed by atoms with Crippen molar-refractivity contribution >= 4 is 16.8 Å². The number of carbonyl (C=O) groups is 1. The van der Waals surface area contributed by atoms with Gasteiger partial charge in [-0.1, -0.05) is 48.5 Å². The van der Waals surface area contributed by atoms with E-state index < -0.39 is 0 Å². The molecule has 4 rings (SSSR count). The monoisotopic (exact) mass is 358 g/mol. The van der Waals surface area contributed by atoms with Crippen molar-refractivity contribution in [3.63, 3.8) is 0 Å². The lowest BCUT2D eigenvalue weighted by molar-refractivity contribution is 0.0942. The third kappa shape index (κ3) is 3.24. The first-order valence-electron chi connectivity index (χ1n) is 9.03. The van der Waals surface area contributed by atoms with Gasteiger partial charge < -0.3 is 10.3 Å². The molecule has 1 amide bonds. The summed E-state index contributed by atoms with van der Waals surface area (Å²) in [6.07, 6.45) is 3.76. The topological polar surface area (TPSA) is 62.7 Å². The number of nitrogens with one attached hydrogen (secondary N) is 2. The number of H-pyrrole nitrogens is 1. The highest BCUT2D eigenvalue weighted by Crippen LogP contribution is 2.30. The van der Waals surface area contributed by atoms with Crippen LogP contribution in [0.15, 0.2) is 67.0 Å². The van der Waals surface area contributed by atoms with E-state index in [1.54, 1.807) is 17.9 Å². The average molecular weight is 358 g/mol. The van der Waals surface area contributed by atoms with Crippen LogP contribution in [0.3, 0.4) is 0 Å². The van der Waals surface area contributed by atoms with Gasteiger partial charge >= 0.3 is 0 Å². The van der Waals surface area contributed by atoms with Gasteiger partial charge in [-0.2, -0.15) is 5.10 Å². The minimum absolute atomic E-state index is 0.0554. The van der Waals surface area contributed by atoms with Crippen LogP contribution in [-0.4, -0.2) is 27.2 Å². The van der Waals surface area contributed by atoms with Crippen molar-refractivity contribution in [2.45, 2.75) is 12.8 Å². The van der Waals surface area contributed by atoms with Crippen LogP contribution in [0, 0.1) is 6.92 Å². The van der Waals surface area contributed by atoms with Crippen LogP contribution in [-0.2, 0) is 7.05 Å². The zero-order chi connectivity index (χ0) is 18.8. The third-order valence-corrected chi connectivity index (χ3v) is 5.00. The molecule has 0 radical (unpaired) electrons. The summed E-state index contributed by atoms with van der Waals surface area (Å²) in [5, 5.41) is 8.45. The minimum atomic E-state index is -0.103. The highest BCUT2D eigenvalue weighted by Gasteiger charge is 2.21. The standard InChI is InChI=1S/C22H22N4O/c1-15-12-25-26(2)21(15)22(27)24-13-18(16-8-4-3-5-9-16)19-14-23-20-11-7-6-10-17(19)20/h3-12,14,18,23H,13H2,1-2H3,(H,24,27). The maximum atomic E-state index is 12.7. The van der Waals surface area contributed by atoms with Crippen molar-refractivity contribution in [1.29, 1.82) is 0 Å². The molecule has 5 heteroatoms. The lowest BCUT2D eigenvalue weighted by atomic mass is 9.91. The number of hydrogen-bond acceptors (Lipinski definition) is 2. The lowest BCUT2D eigenvalue weighted by Gasteiger charge is -2.18. The molecule has 0 spiro atoms. The van der Waals surface area contributed by atoms with Gasteiger partial charge in [0.05, 0.1) is 6.20 Å². The molecule has 2 aromatic heterocycles. The quantitative estimate of drug-likeness (QED) is 0.570. The first-order chi connectivity index (χ1) is 13.1. The number of fused-ring (bicyclic) bond motifs is 1. The van der Waals surface area contributed by atoms with Gasteiger partial charge in [0, 0.05) is 36.6 Å². The molecule has 2 heterocycles. The molecule has 1 atom stereocenters. The first kappa shape index (κ1) is 17.1. The molecule has 0 fully saturated rings. The van der Waals surface area contributed by atoms with E-state index in [1.165, 1.54) is 16.5 Å². The summed E-state index contributed by atoms with van der Waals surface area (Å²) < 4.78 is 1.62. The number of hydrogen-bond donors (Lipinski definition) is 2. The van der Waals surface area contributed by atoms with Gasteiger partial charge in [-0.15, -0.1) is 0 Å². The Kier molecular flexibility index (Phi) is 4.50. The van der Waals surface area contributed by atoms with Gasteiger partial charge in [-0.25, -0.2) is 0 Å². The normalized spacial score (nSPS) is 12.2. The maximum absolute atomic E-state index is 12.7. The van der Waals surface area contributed by atoms with Crippen LogP contribution in [0.2, 0.25) is 0 Å². The molecule has 0 bridgehead atoms. The Morgan fingerprint density at radius 3 is 2.63 bits per heavy atom. The van der Waals surface area contributed by atoms with Crippen molar-refractivity contribution < 1.29 is 4.79 Å². The molecular weight excluding hydrogens is 336 g/mol. The van der Waals surface area contributed by atoms with Crippen molar-refractivity contribution in [3.05, 3.63) is 89.4 Å². The molecule has 0 aliphatic carbocycles. The molecule has 2 N–H and O–H groups in total. The summed E-state index contributed by atoms with van der Waals surface area (Å²) in [7, 11) is 1.79. The number of aromatic nitrogens is 3. The van der Waals surface area contributed by atoms with Crippen LogP contribution < -0.4 is 5.32 Å². The number of amides is 1. The molecular formula is C22H22N4O. The van der Waals surface area contributed by atoms with E-state index in [-0.39, 0.29) is 11.8 Å². The van der Waals surface area contributed by atoms with Gasteiger partial charge in [0.1, 0.15) is 5.69 Å². The molecule has 27 heavy (non-hydrogen) atoms. The highest BCUT2D eigenvalue weighted by molar-refractivity contribution is 5.94. The van der Waals surface area contributed by atoms with Crippen molar-refractivity contribution in [3.8, 4) is 0 Å². The summed E-state index contributed by atoms with van der Waals surface area (Å²) in [5.74, 6) is -0.0480. The predicted octanol–water partition coefficient (Wildman–Crippen LogP) is 3.77. The largest absolute Gasteiger partial charge is 0.361 e. The minimum Gasteiger partial charge on any atom is -0.361 e. The zero-order valence-corrected chi connectivity index (χ0v) is 15.4. The van der Waals surface area contributed by atoms with E-state index in [0.29, 0.717) is 12.2 Å². The van der Waals surface area contributed by atoms with E-state index in [1.807, 2.05) is 43.5 Å². The molecule has 0 saturated carbocycles. The molecule has 0 aliphatic heterocycles. The van der Waals surface area contributed by atoms with Gasteiger partial charge in [0.2, 0.25) is 0 Å². The Labute approximate surface area is 158 Å². The summed E-state index contributed by atoms with van der Waals surface area (Å²) in [6.45, 7) is 2.41. The molecule has 0 saturated heterocycles. The Morgan fingerprint density at radius 1 is 1.15 bits per heavy atom. The van der Waals surface area contributed by atoms with Crippen molar-refractivity contribution in [2.75, 3.05) is 6.54 Å². The van der Waals surface area contributed by atoms with E-state index in [9.17, 15) is 4.79 Å². The molecule has 0 aliphatic rings. The van der Waals surface area contributed by atoms with Crippen LogP contribution in [0.25, 0.3) is 10.9 Å². The molecule has 4 aromatic rings. The fraction of sp³-hybridized carbons (Fsp3) is 0.182. The maximum Gasteiger partial charge on any atom is 0.269 e. The smallest absolute Gasteiger partial charge is 0.269 e. The van der Waals surface area contributed by atoms with Crippen molar-refractivity contribution in [2.24, 2.45) is 7.05 Å². The number of rotatable bonds is 5. The third-order valence-electron chi connectivity index (χ3n) is 5.00. The van der Waals surface area contributed by atoms with Gasteiger partial charge in [-0.05, 0) is 29.7 Å². The zero-order valence-electron chi connectivity index (χ0n) is 15.4. The Morgan fingerprint density at radius 2 is 1.89 bits per heavy atom. The Balaban J connectivity index is 1.66. The average Bonchev–Trinajstić information content (AvgIpc) is 3.26. The fourth-order valence-electron chi connectivity index (χ4n) is 3.63. The highest BCUT2D eigenvalue weighted by atomic mass is 16.2. The van der Waals surface area contributed by atoms with E-state index >= 15 is 0 Å². The molecule has 1 unspecified atom stereocenters. The van der Waals surface area contributed by atoms with Crippen LogP contribution in [0.4, 0.5) is 0 Å². The molecule has 136 valence electrons. The number of aromatic amines is 1. The molecule has 5 nitrogen and oxygen atoms in total. The lowest BCUT2D eigenvalue weighted by Crippen LogP contribution is -2.30. The summed E-state index contributed by atoms with van der Waals surface area (Å²) in [5.41, 5.74) is 4.92. The van der Waals surface area contributed by atoms with Gasteiger partial charge in [0.15, 0.2) is 0 Å². The summed E-state index contributed by atoms with van der Waals surface area (Å²) >= 11 is 0.